The van der Waals surface area contributed by atoms with E-state index in [9.17, 15) is 14.4 Å². The summed E-state index contributed by atoms with van der Waals surface area (Å²) in [5, 5.41) is 0.633. The van der Waals surface area contributed by atoms with Gasteiger partial charge in [-0.05, 0) is 29.6 Å². The largest absolute Gasteiger partial charge is 0.358 e. The number of benzene rings is 1. The number of unbranched alkanes of at least 4 members (excludes halogenated alkanes) is 3. The van der Waals surface area contributed by atoms with Crippen molar-refractivity contribution in [2.24, 2.45) is 4.99 Å². The third-order valence-electron chi connectivity index (χ3n) is 5.17. The summed E-state index contributed by atoms with van der Waals surface area (Å²) in [6.45, 7) is 2.82. The van der Waals surface area contributed by atoms with E-state index in [1.807, 2.05) is 22.8 Å². The quantitative estimate of drug-likeness (QED) is 0.372. The van der Waals surface area contributed by atoms with Crippen LogP contribution in [0.25, 0.3) is 0 Å². The van der Waals surface area contributed by atoms with E-state index < -0.39 is 6.04 Å². The first kappa shape index (κ1) is 21.2. The maximum Gasteiger partial charge on any atom is 0.358 e. The van der Waals surface area contributed by atoms with E-state index in [0.717, 1.165) is 30.6 Å². The number of thioether (sulfide) groups is 1. The van der Waals surface area contributed by atoms with Crippen LogP contribution in [0.1, 0.15) is 43.0 Å². The summed E-state index contributed by atoms with van der Waals surface area (Å²) in [5.74, 6) is 0.420. The lowest BCUT2D eigenvalue weighted by Gasteiger charge is -2.30. The molecule has 1 aromatic rings. The number of likely N-dealkylation sites (N-methyl/N-ethyl adjacent to an activating group) is 2. The monoisotopic (exact) mass is 415 g/mol. The number of urea groups is 1. The minimum absolute atomic E-state index is 0.0111. The number of rotatable bonds is 8. The summed E-state index contributed by atoms with van der Waals surface area (Å²) in [6.07, 6.45) is 4.25. The second-order valence-electron chi connectivity index (χ2n) is 7.23. The highest BCUT2D eigenvalue weighted by molar-refractivity contribution is 8.14. The van der Waals surface area contributed by atoms with Crippen LogP contribution < -0.4 is 0 Å². The molecular formula is C21H27N4O3S+. The van der Waals surface area contributed by atoms with E-state index in [4.69, 9.17) is 0 Å². The van der Waals surface area contributed by atoms with Crippen LogP contribution in [0, 0.1) is 0 Å². The summed E-state index contributed by atoms with van der Waals surface area (Å²) < 4.78 is 1.95. The number of ketones is 1. The lowest BCUT2D eigenvalue weighted by Crippen LogP contribution is -2.61. The van der Waals surface area contributed by atoms with Gasteiger partial charge in [0.1, 0.15) is 0 Å². The molecule has 2 heterocycles. The molecule has 0 aliphatic carbocycles. The lowest BCUT2D eigenvalue weighted by molar-refractivity contribution is -0.533. The zero-order chi connectivity index (χ0) is 21.0. The second-order valence-corrected chi connectivity index (χ2v) is 8.17. The van der Waals surface area contributed by atoms with Gasteiger partial charge in [-0.3, -0.25) is 19.4 Å². The number of carbonyl (C=O) groups is 3. The van der Waals surface area contributed by atoms with E-state index in [1.54, 1.807) is 19.2 Å². The van der Waals surface area contributed by atoms with E-state index in [-0.39, 0.29) is 23.5 Å². The Labute approximate surface area is 175 Å². The number of fused-ring (bicyclic) bond motifs is 1. The topological polar surface area (TPSA) is 73.1 Å². The van der Waals surface area contributed by atoms with Crippen molar-refractivity contribution in [2.75, 3.05) is 26.4 Å². The summed E-state index contributed by atoms with van der Waals surface area (Å²) >= 11 is 1.33. The highest BCUT2D eigenvalue weighted by atomic mass is 32.2. The molecule has 154 valence electrons. The molecular weight excluding hydrogens is 388 g/mol. The molecule has 8 heteroatoms. The standard InChI is InChI=1S/C21H27N4O3S/c1-4-5-6-10-13-25-17-18(23(2)21(28)24(3)19(17)27)22-20(25)29-14-16(26)15-11-8-7-9-12-15/h7-9,11-12,17H,4-6,10,13-14H2,1-3H3/q+1. The Morgan fingerprint density at radius 1 is 1.10 bits per heavy atom. The first-order valence-electron chi connectivity index (χ1n) is 9.94. The molecule has 0 spiro atoms. The zero-order valence-electron chi connectivity index (χ0n) is 17.1. The molecule has 1 atom stereocenters. The molecule has 2 aliphatic rings. The van der Waals surface area contributed by atoms with Crippen LogP contribution in [-0.4, -0.2) is 75.5 Å². The molecule has 3 amide bonds. The summed E-state index contributed by atoms with van der Waals surface area (Å²) in [5.41, 5.74) is 0.654. The molecule has 0 aromatic heterocycles. The number of hydrogen-bond acceptors (Lipinski definition) is 5. The van der Waals surface area contributed by atoms with Gasteiger partial charge in [0.25, 0.3) is 17.8 Å². The molecule has 1 aromatic carbocycles. The average Bonchev–Trinajstić information content (AvgIpc) is 3.11. The third kappa shape index (κ3) is 4.42. The average molecular weight is 416 g/mol. The van der Waals surface area contributed by atoms with Gasteiger partial charge < -0.3 is 0 Å². The molecule has 1 saturated heterocycles. The van der Waals surface area contributed by atoms with Crippen molar-refractivity contribution in [3.63, 3.8) is 0 Å². The van der Waals surface area contributed by atoms with Crippen LogP contribution in [0.5, 0.6) is 0 Å². The van der Waals surface area contributed by atoms with Crippen LogP contribution in [-0.2, 0) is 4.79 Å². The number of nitrogens with zero attached hydrogens (tertiary/aromatic N) is 4. The molecule has 2 aliphatic heterocycles. The molecule has 29 heavy (non-hydrogen) atoms. The fraction of sp³-hybridized carbons (Fsp3) is 0.476. The normalized spacial score (nSPS) is 19.0. The Morgan fingerprint density at radius 3 is 2.52 bits per heavy atom. The first-order chi connectivity index (χ1) is 14.0. The van der Waals surface area contributed by atoms with Gasteiger partial charge in [-0.15, -0.1) is 0 Å². The maximum absolute atomic E-state index is 12.8. The van der Waals surface area contributed by atoms with Crippen molar-refractivity contribution in [2.45, 2.75) is 38.6 Å². The molecule has 7 nitrogen and oxygen atoms in total. The maximum atomic E-state index is 12.8. The Kier molecular flexibility index (Phi) is 6.84. The second kappa shape index (κ2) is 9.35. The number of imide groups is 1. The minimum Gasteiger partial charge on any atom is -0.293 e. The SMILES string of the molecule is CCCCCC[N+]1=C(SCC(=O)c2ccccc2)N=C2C1C(=O)N(C)C(=O)N2C. The number of hydrogen-bond donors (Lipinski definition) is 0. The Balaban J connectivity index is 1.82. The fourth-order valence-electron chi connectivity index (χ4n) is 3.46. The van der Waals surface area contributed by atoms with Crippen LogP contribution >= 0.6 is 11.8 Å². The highest BCUT2D eigenvalue weighted by Crippen LogP contribution is 2.24. The van der Waals surface area contributed by atoms with Gasteiger partial charge in [0.05, 0.1) is 12.3 Å². The molecule has 0 saturated carbocycles. The van der Waals surface area contributed by atoms with Crippen molar-refractivity contribution in [1.82, 2.24) is 9.80 Å². The number of amidine groups is 2. The van der Waals surface area contributed by atoms with Crippen molar-refractivity contribution in [1.29, 1.82) is 0 Å². The van der Waals surface area contributed by atoms with Gasteiger partial charge in [0.15, 0.2) is 5.78 Å². The van der Waals surface area contributed by atoms with Crippen LogP contribution in [0.2, 0.25) is 0 Å². The van der Waals surface area contributed by atoms with Gasteiger partial charge in [0, 0.05) is 19.7 Å². The lowest BCUT2D eigenvalue weighted by atomic mass is 10.1. The Hall–Kier alpha value is -2.48. The Morgan fingerprint density at radius 2 is 1.83 bits per heavy atom. The van der Waals surface area contributed by atoms with Crippen LogP contribution in [0.15, 0.2) is 35.3 Å². The van der Waals surface area contributed by atoms with Crippen molar-refractivity contribution < 1.29 is 19.0 Å². The van der Waals surface area contributed by atoms with Crippen molar-refractivity contribution in [3.05, 3.63) is 35.9 Å². The van der Waals surface area contributed by atoms with E-state index in [1.165, 1.54) is 23.7 Å². The van der Waals surface area contributed by atoms with E-state index in [0.29, 0.717) is 23.1 Å². The van der Waals surface area contributed by atoms with Gasteiger partial charge in [-0.25, -0.2) is 9.37 Å². The van der Waals surface area contributed by atoms with E-state index in [2.05, 4.69) is 11.9 Å². The van der Waals surface area contributed by atoms with Crippen molar-refractivity contribution in [3.8, 4) is 0 Å². The number of carbonyl (C=O) groups excluding carboxylic acids is 3. The van der Waals surface area contributed by atoms with Gasteiger partial charge in [-0.2, -0.15) is 0 Å². The highest BCUT2D eigenvalue weighted by Gasteiger charge is 2.53. The number of Topliss-reactive ketones (excluding diaryl/α,β-unsaturated/α-hetero) is 1. The number of amides is 3. The Bertz CT molecular complexity index is 866. The van der Waals surface area contributed by atoms with Crippen LogP contribution in [0.3, 0.4) is 0 Å². The first-order valence-corrected chi connectivity index (χ1v) is 10.9. The predicted octanol–water partition coefficient (Wildman–Crippen LogP) is 2.86. The summed E-state index contributed by atoms with van der Waals surface area (Å²) in [7, 11) is 3.13. The molecule has 0 bridgehead atoms. The zero-order valence-corrected chi connectivity index (χ0v) is 17.9. The van der Waals surface area contributed by atoms with Gasteiger partial charge >= 0.3 is 11.2 Å². The predicted molar refractivity (Wildman–Crippen MR) is 115 cm³/mol. The number of aliphatic imine (C=N–C) groups is 1. The van der Waals surface area contributed by atoms with Crippen LogP contribution in [0.4, 0.5) is 4.79 Å². The molecule has 0 N–H and O–H groups in total. The molecule has 1 unspecified atom stereocenters. The third-order valence-corrected chi connectivity index (χ3v) is 6.17. The van der Waals surface area contributed by atoms with Crippen molar-refractivity contribution >= 4 is 40.5 Å². The molecule has 3 rings (SSSR count). The summed E-state index contributed by atoms with van der Waals surface area (Å²) in [6, 6.07) is 8.15. The molecule has 0 radical (unpaired) electrons. The fourth-order valence-corrected chi connectivity index (χ4v) is 4.41. The molecule has 1 fully saturated rings. The van der Waals surface area contributed by atoms with E-state index >= 15 is 0 Å². The smallest absolute Gasteiger partial charge is 0.293 e. The van der Waals surface area contributed by atoms with Gasteiger partial charge in [-0.1, -0.05) is 50.1 Å². The van der Waals surface area contributed by atoms with Gasteiger partial charge in [0.2, 0.25) is 0 Å². The summed E-state index contributed by atoms with van der Waals surface area (Å²) in [4.78, 5) is 44.8. The minimum atomic E-state index is -0.598.